The first-order valence-corrected chi connectivity index (χ1v) is 11.9. The van der Waals surface area contributed by atoms with Gasteiger partial charge in [-0.2, -0.15) is 0 Å². The van der Waals surface area contributed by atoms with E-state index in [-0.39, 0.29) is 5.91 Å². The number of benzene rings is 1. The smallest absolute Gasteiger partial charge is 0.222 e. The lowest BCUT2D eigenvalue weighted by Gasteiger charge is -2.23. The highest BCUT2D eigenvalue weighted by Gasteiger charge is 2.19. The third-order valence-electron chi connectivity index (χ3n) is 6.15. The summed E-state index contributed by atoms with van der Waals surface area (Å²) in [6.45, 7) is 1.96. The SMILES string of the molecule is COCCN(CCc1csc2nc(-c3ccccc3)cn12)C(=O)CCC1CCCC1. The molecular formula is C24H31N3O2S. The maximum atomic E-state index is 12.9. The highest BCUT2D eigenvalue weighted by molar-refractivity contribution is 7.15. The maximum Gasteiger partial charge on any atom is 0.222 e. The summed E-state index contributed by atoms with van der Waals surface area (Å²) in [6.07, 6.45) is 9.88. The van der Waals surface area contributed by atoms with Crippen LogP contribution in [0.1, 0.15) is 44.2 Å². The monoisotopic (exact) mass is 425 g/mol. The fourth-order valence-electron chi connectivity index (χ4n) is 4.35. The Balaban J connectivity index is 1.40. The molecule has 30 heavy (non-hydrogen) atoms. The van der Waals surface area contributed by atoms with Crippen LogP contribution in [0.2, 0.25) is 0 Å². The van der Waals surface area contributed by atoms with Crippen molar-refractivity contribution < 1.29 is 9.53 Å². The largest absolute Gasteiger partial charge is 0.383 e. The molecule has 0 atom stereocenters. The van der Waals surface area contributed by atoms with Gasteiger partial charge in [-0.1, -0.05) is 56.0 Å². The Labute approximate surface area is 182 Å². The zero-order valence-corrected chi connectivity index (χ0v) is 18.6. The van der Waals surface area contributed by atoms with E-state index < -0.39 is 0 Å². The van der Waals surface area contributed by atoms with Crippen molar-refractivity contribution in [3.8, 4) is 11.3 Å². The Morgan fingerprint density at radius 2 is 2.03 bits per heavy atom. The number of nitrogens with zero attached hydrogens (tertiary/aromatic N) is 3. The molecule has 2 aromatic heterocycles. The Bertz CT molecular complexity index is 944. The van der Waals surface area contributed by atoms with Gasteiger partial charge in [0.25, 0.3) is 0 Å². The number of amides is 1. The summed E-state index contributed by atoms with van der Waals surface area (Å²) >= 11 is 1.66. The van der Waals surface area contributed by atoms with E-state index in [9.17, 15) is 4.79 Å². The summed E-state index contributed by atoms with van der Waals surface area (Å²) in [5, 5.41) is 2.16. The Morgan fingerprint density at radius 3 is 2.80 bits per heavy atom. The van der Waals surface area contributed by atoms with E-state index in [1.165, 1.54) is 31.4 Å². The van der Waals surface area contributed by atoms with Crippen molar-refractivity contribution in [1.82, 2.24) is 14.3 Å². The minimum absolute atomic E-state index is 0.265. The lowest BCUT2D eigenvalue weighted by molar-refractivity contribution is -0.132. The summed E-state index contributed by atoms with van der Waals surface area (Å²) in [7, 11) is 1.69. The molecular weight excluding hydrogens is 394 g/mol. The van der Waals surface area contributed by atoms with Crippen molar-refractivity contribution in [3.05, 3.63) is 47.6 Å². The number of hydrogen-bond acceptors (Lipinski definition) is 4. The highest BCUT2D eigenvalue weighted by atomic mass is 32.1. The minimum Gasteiger partial charge on any atom is -0.383 e. The summed E-state index contributed by atoms with van der Waals surface area (Å²) in [6, 6.07) is 10.3. The molecule has 0 bridgehead atoms. The van der Waals surface area contributed by atoms with Crippen LogP contribution in [0.15, 0.2) is 41.9 Å². The van der Waals surface area contributed by atoms with Crippen LogP contribution in [-0.4, -0.2) is 47.0 Å². The van der Waals surface area contributed by atoms with Crippen LogP contribution in [0, 0.1) is 5.92 Å². The van der Waals surface area contributed by atoms with Crippen molar-refractivity contribution in [2.24, 2.45) is 5.92 Å². The molecule has 160 valence electrons. The minimum atomic E-state index is 0.265. The van der Waals surface area contributed by atoms with Crippen molar-refractivity contribution in [3.63, 3.8) is 0 Å². The molecule has 3 aromatic rings. The average molecular weight is 426 g/mol. The first-order valence-electron chi connectivity index (χ1n) is 11.0. The van der Waals surface area contributed by atoms with Gasteiger partial charge >= 0.3 is 0 Å². The van der Waals surface area contributed by atoms with Gasteiger partial charge in [0, 0.05) is 55.9 Å². The predicted molar refractivity (Wildman–Crippen MR) is 122 cm³/mol. The first-order chi connectivity index (χ1) is 14.7. The molecule has 1 aliphatic carbocycles. The van der Waals surface area contributed by atoms with Gasteiger partial charge in [0.05, 0.1) is 12.3 Å². The fourth-order valence-corrected chi connectivity index (χ4v) is 5.26. The van der Waals surface area contributed by atoms with Gasteiger partial charge in [-0.3, -0.25) is 9.20 Å². The van der Waals surface area contributed by atoms with Gasteiger partial charge in [0.2, 0.25) is 5.91 Å². The highest BCUT2D eigenvalue weighted by Crippen LogP contribution is 2.29. The molecule has 1 saturated carbocycles. The topological polar surface area (TPSA) is 46.8 Å². The van der Waals surface area contributed by atoms with E-state index in [4.69, 9.17) is 9.72 Å². The van der Waals surface area contributed by atoms with Gasteiger partial charge in [-0.15, -0.1) is 11.3 Å². The summed E-state index contributed by atoms with van der Waals surface area (Å²) in [4.78, 5) is 20.6. The van der Waals surface area contributed by atoms with Crippen LogP contribution in [0.3, 0.4) is 0 Å². The molecule has 2 heterocycles. The zero-order valence-electron chi connectivity index (χ0n) is 17.8. The van der Waals surface area contributed by atoms with Gasteiger partial charge in [-0.05, 0) is 12.3 Å². The first kappa shape index (κ1) is 21.1. The number of carbonyl (C=O) groups is 1. The zero-order chi connectivity index (χ0) is 20.8. The summed E-state index contributed by atoms with van der Waals surface area (Å²) in [5.41, 5.74) is 3.33. The van der Waals surface area contributed by atoms with E-state index in [0.29, 0.717) is 19.6 Å². The standard InChI is InChI=1S/C24H31N3O2S/c1-29-16-15-26(23(28)12-11-19-7-5-6-8-19)14-13-21-18-30-24-25-22(17-27(21)24)20-9-3-2-4-10-20/h2-4,9-10,17-19H,5-8,11-16H2,1H3. The van der Waals surface area contributed by atoms with Crippen molar-refractivity contribution in [2.75, 3.05) is 26.8 Å². The van der Waals surface area contributed by atoms with Crippen molar-refractivity contribution >= 4 is 22.2 Å². The van der Waals surface area contributed by atoms with Gasteiger partial charge < -0.3 is 9.64 Å². The summed E-state index contributed by atoms with van der Waals surface area (Å²) in [5.74, 6) is 1.01. The molecule has 0 radical (unpaired) electrons. The lowest BCUT2D eigenvalue weighted by Crippen LogP contribution is -2.35. The molecule has 6 heteroatoms. The van der Waals surface area contributed by atoms with Crippen molar-refractivity contribution in [1.29, 1.82) is 0 Å². The van der Waals surface area contributed by atoms with Crippen LogP contribution < -0.4 is 0 Å². The number of hydrogen-bond donors (Lipinski definition) is 0. The molecule has 5 nitrogen and oxygen atoms in total. The van der Waals surface area contributed by atoms with E-state index in [2.05, 4.69) is 28.1 Å². The number of thiazole rings is 1. The molecule has 0 spiro atoms. The number of fused-ring (bicyclic) bond motifs is 1. The van der Waals surface area contributed by atoms with Crippen LogP contribution in [0.4, 0.5) is 0 Å². The number of aromatic nitrogens is 2. The molecule has 0 aliphatic heterocycles. The predicted octanol–water partition coefficient (Wildman–Crippen LogP) is 5.05. The fraction of sp³-hybridized carbons (Fsp3) is 0.500. The maximum absolute atomic E-state index is 12.9. The Kier molecular flexibility index (Phi) is 7.18. The third kappa shape index (κ3) is 5.10. The molecule has 0 saturated heterocycles. The van der Waals surface area contributed by atoms with E-state index >= 15 is 0 Å². The summed E-state index contributed by atoms with van der Waals surface area (Å²) < 4.78 is 7.42. The average Bonchev–Trinajstić information content (AvgIpc) is 3.51. The molecule has 1 fully saturated rings. The second-order valence-electron chi connectivity index (χ2n) is 8.18. The number of carbonyl (C=O) groups excluding carboxylic acids is 1. The van der Waals surface area contributed by atoms with Crippen LogP contribution in [-0.2, 0) is 16.0 Å². The van der Waals surface area contributed by atoms with E-state index in [1.807, 2.05) is 23.1 Å². The lowest BCUT2D eigenvalue weighted by atomic mass is 10.0. The quantitative estimate of drug-likeness (QED) is 0.457. The van der Waals surface area contributed by atoms with Crippen LogP contribution in [0.5, 0.6) is 0 Å². The van der Waals surface area contributed by atoms with Crippen LogP contribution >= 0.6 is 11.3 Å². The second-order valence-corrected chi connectivity index (χ2v) is 9.02. The number of ether oxygens (including phenoxy) is 1. The van der Waals surface area contributed by atoms with Gasteiger partial charge in [0.15, 0.2) is 4.96 Å². The normalized spacial score (nSPS) is 14.6. The molecule has 0 unspecified atom stereocenters. The van der Waals surface area contributed by atoms with Gasteiger partial charge in [-0.25, -0.2) is 4.98 Å². The molecule has 1 amide bonds. The molecule has 1 aliphatic rings. The molecule has 4 rings (SSSR count). The van der Waals surface area contributed by atoms with Gasteiger partial charge in [0.1, 0.15) is 0 Å². The molecule has 0 N–H and O–H groups in total. The second kappa shape index (κ2) is 10.2. The number of methoxy groups -OCH3 is 1. The molecule has 1 aromatic carbocycles. The van der Waals surface area contributed by atoms with Crippen molar-refractivity contribution in [2.45, 2.75) is 44.9 Å². The van der Waals surface area contributed by atoms with E-state index in [0.717, 1.165) is 41.5 Å². The van der Waals surface area contributed by atoms with Crippen LogP contribution in [0.25, 0.3) is 16.2 Å². The third-order valence-corrected chi connectivity index (χ3v) is 7.04. The Hall–Kier alpha value is -2.18. The van der Waals surface area contributed by atoms with E-state index in [1.54, 1.807) is 18.4 Å². The number of rotatable bonds is 10. The number of imidazole rings is 1. The Morgan fingerprint density at radius 1 is 1.23 bits per heavy atom.